The molecule has 3 nitrogen and oxygen atoms in total. The summed E-state index contributed by atoms with van der Waals surface area (Å²) in [5.41, 5.74) is 15.8. The van der Waals surface area contributed by atoms with Crippen LogP contribution in [0.2, 0.25) is 0 Å². The van der Waals surface area contributed by atoms with E-state index >= 15 is 0 Å². The highest BCUT2D eigenvalue weighted by Gasteiger charge is 2.09. The van der Waals surface area contributed by atoms with Gasteiger partial charge in [-0.2, -0.15) is 0 Å². The van der Waals surface area contributed by atoms with Crippen molar-refractivity contribution < 1.29 is 4.74 Å². The molecule has 0 saturated heterocycles. The molecular weight excluding hydrogens is 260 g/mol. The SMILES string of the molecule is CC(C)c1cc(Oc2ccc(N)c(C(C)C)c2)ccc1N. The first-order chi connectivity index (χ1) is 9.88. The van der Waals surface area contributed by atoms with E-state index in [0.717, 1.165) is 34.0 Å². The quantitative estimate of drug-likeness (QED) is 0.786. The third-order valence-electron chi connectivity index (χ3n) is 3.60. The fourth-order valence-electron chi connectivity index (χ4n) is 2.37. The smallest absolute Gasteiger partial charge is 0.127 e. The Morgan fingerprint density at radius 2 is 1.10 bits per heavy atom. The van der Waals surface area contributed by atoms with Crippen molar-refractivity contribution in [2.24, 2.45) is 0 Å². The van der Waals surface area contributed by atoms with Crippen molar-refractivity contribution >= 4 is 11.4 Å². The van der Waals surface area contributed by atoms with Crippen LogP contribution in [0.5, 0.6) is 11.5 Å². The number of ether oxygens (including phenoxy) is 1. The summed E-state index contributed by atoms with van der Waals surface area (Å²) in [5, 5.41) is 0. The first-order valence-corrected chi connectivity index (χ1v) is 7.35. The summed E-state index contributed by atoms with van der Waals surface area (Å²) < 4.78 is 5.96. The number of anilines is 2. The van der Waals surface area contributed by atoms with E-state index in [1.807, 2.05) is 36.4 Å². The molecule has 2 aromatic carbocycles. The second-order valence-corrected chi connectivity index (χ2v) is 5.99. The normalized spacial score (nSPS) is 11.1. The molecule has 2 aromatic rings. The second kappa shape index (κ2) is 6.08. The van der Waals surface area contributed by atoms with Crippen LogP contribution in [0.25, 0.3) is 0 Å². The molecule has 3 heteroatoms. The molecule has 0 bridgehead atoms. The van der Waals surface area contributed by atoms with Gasteiger partial charge in [-0.05, 0) is 59.4 Å². The van der Waals surface area contributed by atoms with Crippen LogP contribution >= 0.6 is 0 Å². The number of rotatable bonds is 4. The van der Waals surface area contributed by atoms with E-state index < -0.39 is 0 Å². The van der Waals surface area contributed by atoms with E-state index in [1.165, 1.54) is 0 Å². The summed E-state index contributed by atoms with van der Waals surface area (Å²) in [6.45, 7) is 8.48. The standard InChI is InChI=1S/C18H24N2O/c1-11(2)15-9-13(5-7-17(15)19)21-14-6-8-18(20)16(10-14)12(3)4/h5-12H,19-20H2,1-4H3. The molecule has 112 valence electrons. The maximum absolute atomic E-state index is 6.00. The van der Waals surface area contributed by atoms with Crippen molar-refractivity contribution in [2.45, 2.75) is 39.5 Å². The molecule has 0 spiro atoms. The lowest BCUT2D eigenvalue weighted by atomic mass is 10.0. The van der Waals surface area contributed by atoms with E-state index in [0.29, 0.717) is 11.8 Å². The fourth-order valence-corrected chi connectivity index (χ4v) is 2.37. The number of nitrogens with two attached hydrogens (primary N) is 2. The van der Waals surface area contributed by atoms with Crippen molar-refractivity contribution in [1.82, 2.24) is 0 Å². The lowest BCUT2D eigenvalue weighted by molar-refractivity contribution is 0.480. The van der Waals surface area contributed by atoms with Crippen molar-refractivity contribution in [1.29, 1.82) is 0 Å². The van der Waals surface area contributed by atoms with E-state index in [1.54, 1.807) is 0 Å². The Bertz CT molecular complexity index is 578. The van der Waals surface area contributed by atoms with E-state index in [4.69, 9.17) is 16.2 Å². The van der Waals surface area contributed by atoms with Crippen LogP contribution in [0.15, 0.2) is 36.4 Å². The summed E-state index contributed by atoms with van der Waals surface area (Å²) >= 11 is 0. The van der Waals surface area contributed by atoms with Gasteiger partial charge in [0.15, 0.2) is 0 Å². The second-order valence-electron chi connectivity index (χ2n) is 5.99. The highest BCUT2D eigenvalue weighted by atomic mass is 16.5. The number of hydrogen-bond acceptors (Lipinski definition) is 3. The Morgan fingerprint density at radius 1 is 0.714 bits per heavy atom. The first kappa shape index (κ1) is 15.2. The summed E-state index contributed by atoms with van der Waals surface area (Å²) in [6, 6.07) is 11.6. The topological polar surface area (TPSA) is 61.3 Å². The van der Waals surface area contributed by atoms with Crippen LogP contribution in [-0.4, -0.2) is 0 Å². The molecule has 0 heterocycles. The van der Waals surface area contributed by atoms with Gasteiger partial charge in [0.25, 0.3) is 0 Å². The predicted molar refractivity (Wildman–Crippen MR) is 90.0 cm³/mol. The molecule has 2 rings (SSSR count). The molecule has 0 saturated carbocycles. The Morgan fingerprint density at radius 3 is 1.43 bits per heavy atom. The van der Waals surface area contributed by atoms with Gasteiger partial charge in [-0.15, -0.1) is 0 Å². The summed E-state index contributed by atoms with van der Waals surface area (Å²) in [7, 11) is 0. The lowest BCUT2D eigenvalue weighted by Gasteiger charge is -2.14. The van der Waals surface area contributed by atoms with E-state index in [-0.39, 0.29) is 0 Å². The summed E-state index contributed by atoms with van der Waals surface area (Å²) in [6.07, 6.45) is 0. The molecule has 0 unspecified atom stereocenters. The molecule has 0 fully saturated rings. The predicted octanol–water partition coefficient (Wildman–Crippen LogP) is 4.89. The van der Waals surface area contributed by atoms with Gasteiger partial charge in [0.2, 0.25) is 0 Å². The molecule has 0 aromatic heterocycles. The van der Waals surface area contributed by atoms with Crippen LogP contribution in [0.1, 0.15) is 50.7 Å². The minimum Gasteiger partial charge on any atom is -0.457 e. The van der Waals surface area contributed by atoms with Crippen molar-refractivity contribution in [3.8, 4) is 11.5 Å². The van der Waals surface area contributed by atoms with Crippen molar-refractivity contribution in [3.05, 3.63) is 47.5 Å². The third-order valence-corrected chi connectivity index (χ3v) is 3.60. The van der Waals surface area contributed by atoms with Gasteiger partial charge in [-0.3, -0.25) is 0 Å². The Hall–Kier alpha value is -2.16. The largest absolute Gasteiger partial charge is 0.457 e. The molecule has 21 heavy (non-hydrogen) atoms. The Kier molecular flexibility index (Phi) is 4.41. The molecule has 4 N–H and O–H groups in total. The molecule has 0 amide bonds. The maximum atomic E-state index is 6.00. The number of hydrogen-bond donors (Lipinski definition) is 2. The van der Waals surface area contributed by atoms with Crippen LogP contribution in [0.4, 0.5) is 11.4 Å². The molecule has 0 aliphatic heterocycles. The first-order valence-electron chi connectivity index (χ1n) is 7.35. The number of nitrogen functional groups attached to an aromatic ring is 2. The maximum Gasteiger partial charge on any atom is 0.127 e. The van der Waals surface area contributed by atoms with Gasteiger partial charge in [0.05, 0.1) is 0 Å². The minimum atomic E-state index is 0.367. The fraction of sp³-hybridized carbons (Fsp3) is 0.333. The summed E-state index contributed by atoms with van der Waals surface area (Å²) in [4.78, 5) is 0. The number of benzene rings is 2. The van der Waals surface area contributed by atoms with Crippen molar-refractivity contribution in [3.63, 3.8) is 0 Å². The van der Waals surface area contributed by atoms with Gasteiger partial charge in [0, 0.05) is 11.4 Å². The highest BCUT2D eigenvalue weighted by molar-refractivity contribution is 5.55. The van der Waals surface area contributed by atoms with Gasteiger partial charge in [-0.1, -0.05) is 27.7 Å². The molecule has 0 aliphatic rings. The Labute approximate surface area is 126 Å². The van der Waals surface area contributed by atoms with E-state index in [9.17, 15) is 0 Å². The molecule has 0 aliphatic carbocycles. The van der Waals surface area contributed by atoms with Crippen molar-refractivity contribution in [2.75, 3.05) is 11.5 Å². The zero-order valence-corrected chi connectivity index (χ0v) is 13.2. The minimum absolute atomic E-state index is 0.367. The van der Waals surface area contributed by atoms with Crippen LogP contribution < -0.4 is 16.2 Å². The Balaban J connectivity index is 2.30. The summed E-state index contributed by atoms with van der Waals surface area (Å²) in [5.74, 6) is 2.33. The zero-order valence-electron chi connectivity index (χ0n) is 13.2. The van der Waals surface area contributed by atoms with Crippen LogP contribution in [-0.2, 0) is 0 Å². The average Bonchev–Trinajstić information content (AvgIpc) is 2.42. The molecular formula is C18H24N2O. The van der Waals surface area contributed by atoms with E-state index in [2.05, 4.69) is 27.7 Å². The van der Waals surface area contributed by atoms with Gasteiger partial charge in [-0.25, -0.2) is 0 Å². The zero-order chi connectivity index (χ0) is 15.6. The molecule has 0 atom stereocenters. The lowest BCUT2D eigenvalue weighted by Crippen LogP contribution is -1.98. The highest BCUT2D eigenvalue weighted by Crippen LogP contribution is 2.32. The average molecular weight is 284 g/mol. The van der Waals surface area contributed by atoms with Crippen LogP contribution in [0.3, 0.4) is 0 Å². The van der Waals surface area contributed by atoms with Gasteiger partial charge < -0.3 is 16.2 Å². The van der Waals surface area contributed by atoms with Gasteiger partial charge in [0.1, 0.15) is 11.5 Å². The van der Waals surface area contributed by atoms with Crippen LogP contribution in [0, 0.1) is 0 Å². The monoisotopic (exact) mass is 284 g/mol. The van der Waals surface area contributed by atoms with Gasteiger partial charge >= 0.3 is 0 Å². The third kappa shape index (κ3) is 3.48. The molecule has 0 radical (unpaired) electrons.